The number of aliphatic hydroxyl groups excluding tert-OH is 1. The molecule has 0 unspecified atom stereocenters. The van der Waals surface area contributed by atoms with E-state index in [1.165, 1.54) is 4.90 Å². The maximum atomic E-state index is 13.0. The summed E-state index contributed by atoms with van der Waals surface area (Å²) in [6.07, 6.45) is 0.624. The molecule has 3 atom stereocenters. The number of amides is 2. The second-order valence-corrected chi connectivity index (χ2v) is 9.01. The molecule has 2 heterocycles. The van der Waals surface area contributed by atoms with Crippen LogP contribution in [0.25, 0.3) is 0 Å². The molecule has 1 N–H and O–H groups in total. The zero-order valence-corrected chi connectivity index (χ0v) is 17.1. The number of fused-ring (bicyclic) bond motifs is 2. The number of rotatable bonds is 4. The summed E-state index contributed by atoms with van der Waals surface area (Å²) < 4.78 is 2.63. The molecule has 138 valence electrons. The summed E-state index contributed by atoms with van der Waals surface area (Å²) in [5.74, 6) is -0.436. The summed E-state index contributed by atoms with van der Waals surface area (Å²) in [7, 11) is 0. The summed E-state index contributed by atoms with van der Waals surface area (Å²) in [4.78, 5) is 27.1. The zero-order valence-electron chi connectivity index (χ0n) is 15.5. The zero-order chi connectivity index (χ0) is 18.7. The molecule has 1 aliphatic heterocycles. The first-order valence-corrected chi connectivity index (χ1v) is 9.53. The number of aliphatic hydroxyl groups is 1. The largest absolute Gasteiger partial charge is 0.389 e. The Morgan fingerprint density at radius 2 is 1.92 bits per heavy atom. The van der Waals surface area contributed by atoms with Crippen molar-refractivity contribution in [2.75, 3.05) is 6.54 Å². The van der Waals surface area contributed by atoms with Crippen LogP contribution in [0.3, 0.4) is 0 Å². The number of aromatic nitrogens is 2. The van der Waals surface area contributed by atoms with Gasteiger partial charge in [-0.2, -0.15) is 5.10 Å². The fourth-order valence-electron chi connectivity index (χ4n) is 4.40. The molecule has 25 heavy (non-hydrogen) atoms. The molecular formula is C18H26BrN3O3. The third kappa shape index (κ3) is 2.58. The molecule has 1 aliphatic carbocycles. The second kappa shape index (κ2) is 5.91. The van der Waals surface area contributed by atoms with Crippen LogP contribution in [0.4, 0.5) is 0 Å². The van der Waals surface area contributed by atoms with Crippen molar-refractivity contribution in [3.63, 3.8) is 0 Å². The van der Waals surface area contributed by atoms with Crippen molar-refractivity contribution >= 4 is 27.7 Å². The van der Waals surface area contributed by atoms with Gasteiger partial charge in [0, 0.05) is 11.6 Å². The molecule has 3 rings (SSSR count). The number of carbonyl (C=O) groups is 2. The van der Waals surface area contributed by atoms with E-state index in [4.69, 9.17) is 0 Å². The van der Waals surface area contributed by atoms with Gasteiger partial charge >= 0.3 is 0 Å². The molecule has 0 spiro atoms. The van der Waals surface area contributed by atoms with Gasteiger partial charge in [0.05, 0.1) is 34.8 Å². The van der Waals surface area contributed by atoms with Crippen LogP contribution in [0.1, 0.15) is 45.0 Å². The molecule has 1 saturated heterocycles. The molecule has 7 heteroatoms. The standard InChI is InChI=1S/C18H26BrN3O3/c1-10-14(19)11(2)22(20-10)9-12(23)8-21-15(24)13-6-7-18(5,16(21)25)17(13,3)4/h12-13,23H,6-9H2,1-5H3/t12-,13-,18+/m1/s1. The number of hydrogen-bond donors (Lipinski definition) is 1. The fourth-order valence-corrected chi connectivity index (χ4v) is 4.68. The number of aryl methyl sites for hydroxylation is 1. The highest BCUT2D eigenvalue weighted by molar-refractivity contribution is 9.10. The summed E-state index contributed by atoms with van der Waals surface area (Å²) >= 11 is 3.47. The lowest BCUT2D eigenvalue weighted by molar-refractivity contribution is -0.169. The summed E-state index contributed by atoms with van der Waals surface area (Å²) in [6.45, 7) is 10.1. The van der Waals surface area contributed by atoms with Crippen LogP contribution in [-0.4, -0.2) is 44.3 Å². The van der Waals surface area contributed by atoms with Gasteiger partial charge in [-0.05, 0) is 48.0 Å². The first-order chi connectivity index (χ1) is 11.5. The lowest BCUT2D eigenvalue weighted by Crippen LogP contribution is -2.60. The Hall–Kier alpha value is -1.21. The van der Waals surface area contributed by atoms with Crippen LogP contribution in [-0.2, 0) is 16.1 Å². The molecule has 6 nitrogen and oxygen atoms in total. The first kappa shape index (κ1) is 18.6. The van der Waals surface area contributed by atoms with Gasteiger partial charge in [0.25, 0.3) is 0 Å². The van der Waals surface area contributed by atoms with Crippen molar-refractivity contribution in [2.45, 2.75) is 60.1 Å². The summed E-state index contributed by atoms with van der Waals surface area (Å²) in [5, 5.41) is 14.9. The van der Waals surface area contributed by atoms with Crippen LogP contribution in [0, 0.1) is 30.6 Å². The molecule has 0 aromatic carbocycles. The van der Waals surface area contributed by atoms with Crippen LogP contribution >= 0.6 is 15.9 Å². The SMILES string of the molecule is Cc1nn(C[C@H](O)CN2C(=O)[C@H]3CC[C@@](C)(C2=O)C3(C)C)c(C)c1Br. The highest BCUT2D eigenvalue weighted by Crippen LogP contribution is 2.60. The van der Waals surface area contributed by atoms with Gasteiger partial charge in [-0.25, -0.2) is 0 Å². The second-order valence-electron chi connectivity index (χ2n) is 8.22. The Balaban J connectivity index is 1.78. The number of likely N-dealkylation sites (tertiary alicyclic amines) is 1. The van der Waals surface area contributed by atoms with Crippen molar-refractivity contribution in [2.24, 2.45) is 16.7 Å². The highest BCUT2D eigenvalue weighted by Gasteiger charge is 2.64. The van der Waals surface area contributed by atoms with E-state index < -0.39 is 11.5 Å². The maximum Gasteiger partial charge on any atom is 0.235 e. The monoisotopic (exact) mass is 411 g/mol. The minimum absolute atomic E-state index is 0.0236. The number of piperidine rings is 1. The van der Waals surface area contributed by atoms with Gasteiger partial charge in [-0.3, -0.25) is 19.2 Å². The average molecular weight is 412 g/mol. The van der Waals surface area contributed by atoms with Crippen molar-refractivity contribution in [3.05, 3.63) is 15.9 Å². The lowest BCUT2D eigenvalue weighted by Gasteiger charge is -2.48. The number of carbonyl (C=O) groups excluding carboxylic acids is 2. The van der Waals surface area contributed by atoms with Crippen molar-refractivity contribution in [1.82, 2.24) is 14.7 Å². The topological polar surface area (TPSA) is 75.4 Å². The molecule has 2 amide bonds. The van der Waals surface area contributed by atoms with Crippen LogP contribution < -0.4 is 0 Å². The molecule has 1 saturated carbocycles. The first-order valence-electron chi connectivity index (χ1n) is 8.74. The Labute approximate surface area is 156 Å². The van der Waals surface area contributed by atoms with Crippen LogP contribution in [0.5, 0.6) is 0 Å². The van der Waals surface area contributed by atoms with Gasteiger partial charge in [0.15, 0.2) is 0 Å². The van der Waals surface area contributed by atoms with Crippen molar-refractivity contribution in [1.29, 1.82) is 0 Å². The van der Waals surface area contributed by atoms with E-state index in [9.17, 15) is 14.7 Å². The minimum Gasteiger partial charge on any atom is -0.389 e. The smallest absolute Gasteiger partial charge is 0.235 e. The third-order valence-corrected chi connectivity index (χ3v) is 7.73. The molecule has 1 aromatic heterocycles. The Morgan fingerprint density at radius 3 is 2.48 bits per heavy atom. The van der Waals surface area contributed by atoms with Crippen LogP contribution in [0.2, 0.25) is 0 Å². The average Bonchev–Trinajstić information content (AvgIpc) is 2.88. The van der Waals surface area contributed by atoms with Gasteiger partial charge in [0.1, 0.15) is 0 Å². The number of imide groups is 1. The Morgan fingerprint density at radius 1 is 1.28 bits per heavy atom. The van der Waals surface area contributed by atoms with E-state index in [1.54, 1.807) is 4.68 Å². The minimum atomic E-state index is -0.845. The predicted molar refractivity (Wildman–Crippen MR) is 96.7 cm³/mol. The quantitative estimate of drug-likeness (QED) is 0.771. The fraction of sp³-hybridized carbons (Fsp3) is 0.722. The number of nitrogens with zero attached hydrogens (tertiary/aromatic N) is 3. The maximum absolute atomic E-state index is 13.0. The normalized spacial score (nSPS) is 29.4. The van der Waals surface area contributed by atoms with Crippen molar-refractivity contribution < 1.29 is 14.7 Å². The van der Waals surface area contributed by atoms with E-state index in [-0.39, 0.29) is 36.2 Å². The lowest BCUT2D eigenvalue weighted by atomic mass is 9.62. The number of hydrogen-bond acceptors (Lipinski definition) is 4. The Bertz CT molecular complexity index is 742. The van der Waals surface area contributed by atoms with E-state index in [1.807, 2.05) is 34.6 Å². The molecule has 2 fully saturated rings. The van der Waals surface area contributed by atoms with Crippen LogP contribution in [0.15, 0.2) is 4.47 Å². The van der Waals surface area contributed by atoms with Gasteiger partial charge in [-0.1, -0.05) is 20.8 Å². The van der Waals surface area contributed by atoms with E-state index in [2.05, 4.69) is 21.0 Å². The van der Waals surface area contributed by atoms with Crippen molar-refractivity contribution in [3.8, 4) is 0 Å². The number of halogens is 1. The number of β-amino-alcohol motifs (C(OH)–C–C–N with tert-alkyl or cyclic N) is 1. The van der Waals surface area contributed by atoms with Gasteiger partial charge in [0.2, 0.25) is 11.8 Å². The van der Waals surface area contributed by atoms with Gasteiger partial charge in [-0.15, -0.1) is 0 Å². The molecular weight excluding hydrogens is 386 g/mol. The van der Waals surface area contributed by atoms with E-state index in [0.29, 0.717) is 0 Å². The predicted octanol–water partition coefficient (Wildman–Crippen LogP) is 2.43. The highest BCUT2D eigenvalue weighted by atomic mass is 79.9. The summed E-state index contributed by atoms with van der Waals surface area (Å²) in [5.41, 5.74) is 0.901. The summed E-state index contributed by atoms with van der Waals surface area (Å²) in [6, 6.07) is 0. The molecule has 0 radical (unpaired) electrons. The Kier molecular flexibility index (Phi) is 4.39. The van der Waals surface area contributed by atoms with E-state index in [0.717, 1.165) is 28.7 Å². The molecule has 2 bridgehead atoms. The third-order valence-electron chi connectivity index (χ3n) is 6.58. The van der Waals surface area contributed by atoms with Gasteiger partial charge < -0.3 is 5.11 Å². The molecule has 2 aliphatic rings. The van der Waals surface area contributed by atoms with E-state index >= 15 is 0 Å². The molecule has 1 aromatic rings.